The maximum Gasteiger partial charge on any atom is 0.351 e. The Balaban J connectivity index is 2.24. The molecule has 1 aromatic heterocycles. The molecule has 0 amide bonds. The molecule has 0 saturated carbocycles. The average molecular weight is 344 g/mol. The number of methoxy groups -OCH3 is 1. The summed E-state index contributed by atoms with van der Waals surface area (Å²) in [4.78, 5) is 23.9. The molecule has 2 rings (SSSR count). The first-order valence-corrected chi connectivity index (χ1v) is 7.83. The van der Waals surface area contributed by atoms with Crippen molar-refractivity contribution >= 4 is 11.9 Å². The lowest BCUT2D eigenvalue weighted by Crippen LogP contribution is -2.12. The Morgan fingerprint density at radius 3 is 2.68 bits per heavy atom. The first kappa shape index (κ1) is 18.3. The SMILES string of the molecule is CCCOc1ccc(/C=C/C(=O)c2c(O)cc(C)oc2=O)cc1OC. The van der Waals surface area contributed by atoms with Crippen LogP contribution in [0.25, 0.3) is 6.08 Å². The van der Waals surface area contributed by atoms with Crippen molar-refractivity contribution in [3.05, 3.63) is 57.6 Å². The minimum absolute atomic E-state index is 0.232. The van der Waals surface area contributed by atoms with Gasteiger partial charge in [0, 0.05) is 6.07 Å². The number of carbonyl (C=O) groups is 1. The quantitative estimate of drug-likeness (QED) is 0.612. The predicted molar refractivity (Wildman–Crippen MR) is 93.5 cm³/mol. The van der Waals surface area contributed by atoms with E-state index >= 15 is 0 Å². The third-order valence-electron chi connectivity index (χ3n) is 3.38. The Bertz CT molecular complexity index is 847. The second-order valence-corrected chi connectivity index (χ2v) is 5.36. The van der Waals surface area contributed by atoms with Gasteiger partial charge in [-0.3, -0.25) is 4.79 Å². The molecule has 132 valence electrons. The van der Waals surface area contributed by atoms with Crippen LogP contribution >= 0.6 is 0 Å². The molecule has 0 unspecified atom stereocenters. The van der Waals surface area contributed by atoms with E-state index in [0.717, 1.165) is 6.42 Å². The normalized spacial score (nSPS) is 10.8. The maximum atomic E-state index is 12.2. The summed E-state index contributed by atoms with van der Waals surface area (Å²) in [5.74, 6) is 0.349. The van der Waals surface area contributed by atoms with Crippen LogP contribution < -0.4 is 15.1 Å². The molecule has 0 atom stereocenters. The van der Waals surface area contributed by atoms with Crippen molar-refractivity contribution in [2.75, 3.05) is 13.7 Å². The fourth-order valence-corrected chi connectivity index (χ4v) is 2.20. The van der Waals surface area contributed by atoms with E-state index in [1.165, 1.54) is 32.3 Å². The van der Waals surface area contributed by atoms with Crippen LogP contribution in [-0.2, 0) is 0 Å². The van der Waals surface area contributed by atoms with Gasteiger partial charge in [-0.25, -0.2) is 4.79 Å². The van der Waals surface area contributed by atoms with Crippen molar-refractivity contribution in [1.82, 2.24) is 0 Å². The van der Waals surface area contributed by atoms with Crippen LogP contribution in [0.5, 0.6) is 17.2 Å². The zero-order valence-corrected chi connectivity index (χ0v) is 14.4. The number of hydrogen-bond donors (Lipinski definition) is 1. The number of aryl methyl sites for hydroxylation is 1. The van der Waals surface area contributed by atoms with Gasteiger partial charge in [-0.05, 0) is 37.1 Å². The molecule has 6 heteroatoms. The fraction of sp³-hybridized carbons (Fsp3) is 0.263. The second-order valence-electron chi connectivity index (χ2n) is 5.36. The lowest BCUT2D eigenvalue weighted by molar-refractivity contribution is 0.104. The van der Waals surface area contributed by atoms with Gasteiger partial charge in [0.1, 0.15) is 17.1 Å². The van der Waals surface area contributed by atoms with E-state index in [-0.39, 0.29) is 5.76 Å². The highest BCUT2D eigenvalue weighted by Crippen LogP contribution is 2.28. The van der Waals surface area contributed by atoms with Crippen molar-refractivity contribution < 1.29 is 23.8 Å². The Labute approximate surface area is 145 Å². The highest BCUT2D eigenvalue weighted by Gasteiger charge is 2.16. The molecule has 2 aromatic rings. The Morgan fingerprint density at radius 1 is 1.28 bits per heavy atom. The van der Waals surface area contributed by atoms with Gasteiger partial charge in [0.25, 0.3) is 0 Å². The first-order chi connectivity index (χ1) is 12.0. The van der Waals surface area contributed by atoms with Crippen molar-refractivity contribution in [3.63, 3.8) is 0 Å². The summed E-state index contributed by atoms with van der Waals surface area (Å²) < 4.78 is 15.7. The van der Waals surface area contributed by atoms with Crippen LogP contribution in [0.2, 0.25) is 0 Å². The average Bonchev–Trinajstić information content (AvgIpc) is 2.57. The summed E-state index contributed by atoms with van der Waals surface area (Å²) in [7, 11) is 1.53. The number of rotatable bonds is 7. The summed E-state index contributed by atoms with van der Waals surface area (Å²) >= 11 is 0. The highest BCUT2D eigenvalue weighted by molar-refractivity contribution is 6.08. The van der Waals surface area contributed by atoms with Gasteiger partial charge in [0.2, 0.25) is 0 Å². The second kappa shape index (κ2) is 8.19. The van der Waals surface area contributed by atoms with Gasteiger partial charge in [-0.1, -0.05) is 19.1 Å². The molecule has 0 radical (unpaired) electrons. The number of ether oxygens (including phenoxy) is 2. The van der Waals surface area contributed by atoms with Gasteiger partial charge in [0.05, 0.1) is 13.7 Å². The Hall–Kier alpha value is -3.02. The van der Waals surface area contributed by atoms with E-state index in [1.807, 2.05) is 6.92 Å². The number of benzene rings is 1. The molecule has 1 aromatic carbocycles. The number of ketones is 1. The largest absolute Gasteiger partial charge is 0.507 e. The van der Waals surface area contributed by atoms with Crippen molar-refractivity contribution in [1.29, 1.82) is 0 Å². The zero-order chi connectivity index (χ0) is 18.4. The number of aromatic hydroxyl groups is 1. The van der Waals surface area contributed by atoms with Gasteiger partial charge < -0.3 is 19.0 Å². The van der Waals surface area contributed by atoms with Crippen LogP contribution in [0.4, 0.5) is 0 Å². The fourth-order valence-electron chi connectivity index (χ4n) is 2.20. The first-order valence-electron chi connectivity index (χ1n) is 7.83. The molecule has 6 nitrogen and oxygen atoms in total. The van der Waals surface area contributed by atoms with Gasteiger partial charge >= 0.3 is 5.63 Å². The van der Waals surface area contributed by atoms with E-state index in [1.54, 1.807) is 18.2 Å². The third kappa shape index (κ3) is 4.50. The number of hydrogen-bond acceptors (Lipinski definition) is 6. The predicted octanol–water partition coefficient (Wildman–Crippen LogP) is 3.35. The lowest BCUT2D eigenvalue weighted by Gasteiger charge is -2.10. The smallest absolute Gasteiger partial charge is 0.351 e. The van der Waals surface area contributed by atoms with Crippen molar-refractivity contribution in [3.8, 4) is 17.2 Å². The molecule has 0 spiro atoms. The van der Waals surface area contributed by atoms with Crippen molar-refractivity contribution in [2.24, 2.45) is 0 Å². The highest BCUT2D eigenvalue weighted by atomic mass is 16.5. The molecule has 0 saturated heterocycles. The summed E-state index contributed by atoms with van der Waals surface area (Å²) in [5, 5.41) is 9.79. The van der Waals surface area contributed by atoms with E-state index in [4.69, 9.17) is 13.9 Å². The van der Waals surface area contributed by atoms with E-state index in [0.29, 0.717) is 23.7 Å². The van der Waals surface area contributed by atoms with E-state index in [9.17, 15) is 14.7 Å². The third-order valence-corrected chi connectivity index (χ3v) is 3.38. The minimum Gasteiger partial charge on any atom is -0.507 e. The van der Waals surface area contributed by atoms with Crippen LogP contribution in [-0.4, -0.2) is 24.6 Å². The molecule has 25 heavy (non-hydrogen) atoms. The monoisotopic (exact) mass is 344 g/mol. The van der Waals surface area contributed by atoms with Gasteiger partial charge in [0.15, 0.2) is 17.3 Å². The summed E-state index contributed by atoms with van der Waals surface area (Å²) in [5.41, 5.74) is -0.574. The maximum absolute atomic E-state index is 12.2. The summed E-state index contributed by atoms with van der Waals surface area (Å²) in [6.45, 7) is 4.10. The van der Waals surface area contributed by atoms with E-state index < -0.39 is 22.7 Å². The zero-order valence-electron chi connectivity index (χ0n) is 14.4. The molecule has 0 fully saturated rings. The van der Waals surface area contributed by atoms with E-state index in [2.05, 4.69) is 0 Å². The number of allylic oxidation sites excluding steroid dienone is 1. The molecule has 1 N–H and O–H groups in total. The molecule has 1 heterocycles. The van der Waals surface area contributed by atoms with Crippen LogP contribution in [0, 0.1) is 6.92 Å². The number of carbonyl (C=O) groups excluding carboxylic acids is 1. The van der Waals surface area contributed by atoms with Crippen LogP contribution in [0.3, 0.4) is 0 Å². The molecule has 0 aliphatic rings. The molecule has 0 bridgehead atoms. The summed E-state index contributed by atoms with van der Waals surface area (Å²) in [6.07, 6.45) is 3.60. The van der Waals surface area contributed by atoms with Crippen molar-refractivity contribution in [2.45, 2.75) is 20.3 Å². The molecule has 0 aliphatic heterocycles. The van der Waals surface area contributed by atoms with Crippen LogP contribution in [0.1, 0.15) is 35.0 Å². The minimum atomic E-state index is -0.868. The van der Waals surface area contributed by atoms with Crippen LogP contribution in [0.15, 0.2) is 39.6 Å². The topological polar surface area (TPSA) is 86.0 Å². The summed E-state index contributed by atoms with van der Waals surface area (Å²) in [6, 6.07) is 6.45. The standard InChI is InChI=1S/C19H20O6/c1-4-9-24-16-8-6-13(11-17(16)23-3)5-7-14(20)18-15(21)10-12(2)25-19(18)22/h5-8,10-11,21H,4,9H2,1-3H3/b7-5+. The molecular formula is C19H20O6. The van der Waals surface area contributed by atoms with Gasteiger partial charge in [-0.15, -0.1) is 0 Å². The molecular weight excluding hydrogens is 324 g/mol. The Kier molecular flexibility index (Phi) is 6.00. The molecule has 0 aliphatic carbocycles. The lowest BCUT2D eigenvalue weighted by atomic mass is 10.1. The van der Waals surface area contributed by atoms with Gasteiger partial charge in [-0.2, -0.15) is 0 Å². The Morgan fingerprint density at radius 2 is 2.04 bits per heavy atom.